The number of hydrogen-bond acceptors (Lipinski definition) is 0. The largest absolute Gasteiger partial charge is 0.358 e. The second-order valence-electron chi connectivity index (χ2n) is 9.33. The van der Waals surface area contributed by atoms with Crippen LogP contribution in [0.15, 0.2) is 48.5 Å². The maximum Gasteiger partial charge on any atom is 0.123 e. The van der Waals surface area contributed by atoms with Crippen molar-refractivity contribution in [1.82, 2.24) is 9.97 Å². The van der Waals surface area contributed by atoms with Crippen LogP contribution in [-0.2, 0) is 17.3 Å². The van der Waals surface area contributed by atoms with E-state index < -0.39 is 0 Å². The monoisotopic (exact) mass is 362 g/mol. The van der Waals surface area contributed by atoms with Crippen molar-refractivity contribution in [3.05, 3.63) is 71.3 Å². The van der Waals surface area contributed by atoms with Crippen molar-refractivity contribution in [2.45, 2.75) is 51.9 Å². The van der Waals surface area contributed by atoms with Crippen LogP contribution >= 0.6 is 0 Å². The van der Waals surface area contributed by atoms with Crippen LogP contribution < -0.4 is 0 Å². The number of aromatic amines is 2. The second kappa shape index (κ2) is 5.98. The third-order valence-electron chi connectivity index (χ3n) is 5.45. The topological polar surface area (TPSA) is 31.6 Å². The van der Waals surface area contributed by atoms with Crippen LogP contribution in [0.5, 0.6) is 0 Å². The van der Waals surface area contributed by atoms with E-state index in [4.69, 9.17) is 0 Å². The van der Waals surface area contributed by atoms with Crippen molar-refractivity contribution < 1.29 is 4.39 Å². The SMILES string of the molecule is CC(C)(C)c1cc2cc(CC(C)(C)c3cc4cc(F)ccc4[nH]3)ccc2[nH]1. The van der Waals surface area contributed by atoms with Gasteiger partial charge in [-0.05, 0) is 59.8 Å². The summed E-state index contributed by atoms with van der Waals surface area (Å²) in [4.78, 5) is 7.01. The predicted molar refractivity (Wildman–Crippen MR) is 112 cm³/mol. The summed E-state index contributed by atoms with van der Waals surface area (Å²) in [6, 6.07) is 15.9. The number of aromatic nitrogens is 2. The van der Waals surface area contributed by atoms with Crippen LogP contribution in [0.2, 0.25) is 0 Å². The summed E-state index contributed by atoms with van der Waals surface area (Å²) in [7, 11) is 0. The molecule has 27 heavy (non-hydrogen) atoms. The summed E-state index contributed by atoms with van der Waals surface area (Å²) in [6.07, 6.45) is 0.911. The number of fused-ring (bicyclic) bond motifs is 2. The summed E-state index contributed by atoms with van der Waals surface area (Å²) in [5.74, 6) is -0.196. The molecular formula is C24H27FN2. The molecule has 0 bridgehead atoms. The van der Waals surface area contributed by atoms with E-state index in [0.717, 1.165) is 23.0 Å². The van der Waals surface area contributed by atoms with E-state index in [1.54, 1.807) is 6.07 Å². The number of benzene rings is 2. The average molecular weight is 362 g/mol. The number of hydrogen-bond donors (Lipinski definition) is 2. The number of H-pyrrole nitrogens is 2. The highest BCUT2D eigenvalue weighted by atomic mass is 19.1. The molecule has 0 saturated heterocycles. The fourth-order valence-electron chi connectivity index (χ4n) is 3.77. The molecule has 3 heteroatoms. The Morgan fingerprint density at radius 2 is 1.33 bits per heavy atom. The van der Waals surface area contributed by atoms with E-state index in [-0.39, 0.29) is 16.6 Å². The number of nitrogens with one attached hydrogen (secondary N) is 2. The Morgan fingerprint density at radius 3 is 2.04 bits per heavy atom. The molecule has 4 aromatic rings. The fourth-order valence-corrected chi connectivity index (χ4v) is 3.77. The molecule has 0 radical (unpaired) electrons. The van der Waals surface area contributed by atoms with Gasteiger partial charge in [-0.1, -0.05) is 40.7 Å². The molecule has 0 fully saturated rings. The molecule has 0 aliphatic carbocycles. The van der Waals surface area contributed by atoms with Gasteiger partial charge in [0.2, 0.25) is 0 Å². The van der Waals surface area contributed by atoms with E-state index in [9.17, 15) is 4.39 Å². The molecule has 4 rings (SSSR count). The van der Waals surface area contributed by atoms with Crippen molar-refractivity contribution in [2.75, 3.05) is 0 Å². The molecule has 0 amide bonds. The van der Waals surface area contributed by atoms with Gasteiger partial charge in [0, 0.05) is 38.6 Å². The van der Waals surface area contributed by atoms with E-state index in [1.807, 2.05) is 6.07 Å². The molecule has 0 saturated carbocycles. The van der Waals surface area contributed by atoms with Crippen molar-refractivity contribution in [1.29, 1.82) is 0 Å². The van der Waals surface area contributed by atoms with Crippen molar-refractivity contribution in [3.8, 4) is 0 Å². The summed E-state index contributed by atoms with van der Waals surface area (Å²) in [6.45, 7) is 11.1. The number of rotatable bonds is 3. The molecular weight excluding hydrogens is 335 g/mol. The highest BCUT2D eigenvalue weighted by Gasteiger charge is 2.24. The van der Waals surface area contributed by atoms with Crippen LogP contribution in [0.25, 0.3) is 21.8 Å². The van der Waals surface area contributed by atoms with Gasteiger partial charge in [-0.15, -0.1) is 0 Å². The van der Waals surface area contributed by atoms with Gasteiger partial charge >= 0.3 is 0 Å². The Morgan fingerprint density at radius 1 is 0.741 bits per heavy atom. The number of halogens is 1. The average Bonchev–Trinajstić information content (AvgIpc) is 3.17. The van der Waals surface area contributed by atoms with E-state index in [1.165, 1.54) is 28.2 Å². The Kier molecular flexibility index (Phi) is 3.95. The molecule has 2 heterocycles. The van der Waals surface area contributed by atoms with Gasteiger partial charge in [0.25, 0.3) is 0 Å². The van der Waals surface area contributed by atoms with Gasteiger partial charge in [-0.2, -0.15) is 0 Å². The van der Waals surface area contributed by atoms with Gasteiger partial charge in [-0.25, -0.2) is 4.39 Å². The lowest BCUT2D eigenvalue weighted by molar-refractivity contribution is 0.510. The van der Waals surface area contributed by atoms with Gasteiger partial charge < -0.3 is 9.97 Å². The second-order valence-corrected chi connectivity index (χ2v) is 9.33. The molecule has 0 unspecified atom stereocenters. The molecule has 2 N–H and O–H groups in total. The maximum absolute atomic E-state index is 13.5. The first-order valence-electron chi connectivity index (χ1n) is 9.53. The van der Waals surface area contributed by atoms with Crippen molar-refractivity contribution in [2.24, 2.45) is 0 Å². The minimum absolute atomic E-state index is 0.0770. The zero-order valence-corrected chi connectivity index (χ0v) is 16.7. The quantitative estimate of drug-likeness (QED) is 0.411. The first-order chi connectivity index (χ1) is 12.6. The Labute approximate surface area is 159 Å². The van der Waals surface area contributed by atoms with Gasteiger partial charge in [-0.3, -0.25) is 0 Å². The fraction of sp³-hybridized carbons (Fsp3) is 0.333. The summed E-state index contributed by atoms with van der Waals surface area (Å²) >= 11 is 0. The van der Waals surface area contributed by atoms with Crippen LogP contribution in [0.3, 0.4) is 0 Å². The third kappa shape index (κ3) is 3.39. The highest BCUT2D eigenvalue weighted by molar-refractivity contribution is 5.82. The Hall–Kier alpha value is -2.55. The van der Waals surface area contributed by atoms with Crippen LogP contribution in [0.1, 0.15) is 51.6 Å². The van der Waals surface area contributed by atoms with Crippen molar-refractivity contribution in [3.63, 3.8) is 0 Å². The Bertz CT molecular complexity index is 1120. The lowest BCUT2D eigenvalue weighted by Crippen LogP contribution is -2.20. The summed E-state index contributed by atoms with van der Waals surface area (Å²) in [5.41, 5.74) is 5.89. The zero-order chi connectivity index (χ0) is 19.4. The van der Waals surface area contributed by atoms with Crippen LogP contribution in [-0.4, -0.2) is 9.97 Å². The van der Waals surface area contributed by atoms with Crippen molar-refractivity contribution >= 4 is 21.8 Å². The lowest BCUT2D eigenvalue weighted by atomic mass is 9.82. The molecule has 140 valence electrons. The summed E-state index contributed by atoms with van der Waals surface area (Å²) < 4.78 is 13.5. The Balaban J connectivity index is 1.66. The molecule has 2 aromatic carbocycles. The van der Waals surface area contributed by atoms with E-state index >= 15 is 0 Å². The maximum atomic E-state index is 13.5. The molecule has 0 aliphatic heterocycles. The molecule has 0 aliphatic rings. The van der Waals surface area contributed by atoms with Gasteiger partial charge in [0.1, 0.15) is 5.82 Å². The standard InChI is InChI=1S/C24H27FN2/c1-23(2,3)21-12-16-10-15(6-8-19(16)26-21)14-24(4,5)22-13-17-11-18(25)7-9-20(17)27-22/h6-13,26-27H,14H2,1-5H3. The molecule has 2 nitrogen and oxygen atoms in total. The first kappa shape index (κ1) is 17.8. The van der Waals surface area contributed by atoms with Crippen LogP contribution in [0, 0.1) is 5.82 Å². The lowest BCUT2D eigenvalue weighted by Gasteiger charge is -2.23. The van der Waals surface area contributed by atoms with Gasteiger partial charge in [0.15, 0.2) is 0 Å². The van der Waals surface area contributed by atoms with Crippen LogP contribution in [0.4, 0.5) is 4.39 Å². The van der Waals surface area contributed by atoms with Gasteiger partial charge in [0.05, 0.1) is 0 Å². The molecule has 0 atom stereocenters. The molecule has 0 spiro atoms. The summed E-state index contributed by atoms with van der Waals surface area (Å²) in [5, 5.41) is 2.18. The minimum Gasteiger partial charge on any atom is -0.358 e. The smallest absolute Gasteiger partial charge is 0.123 e. The highest BCUT2D eigenvalue weighted by Crippen LogP contribution is 2.32. The predicted octanol–water partition coefficient (Wildman–Crippen LogP) is 6.61. The normalized spacial score (nSPS) is 13.0. The zero-order valence-electron chi connectivity index (χ0n) is 16.7. The first-order valence-corrected chi connectivity index (χ1v) is 9.53. The van der Waals surface area contributed by atoms with E-state index in [2.05, 4.69) is 74.9 Å². The van der Waals surface area contributed by atoms with E-state index in [0.29, 0.717) is 0 Å². The molecule has 2 aromatic heterocycles. The minimum atomic E-state index is -0.196. The third-order valence-corrected chi connectivity index (χ3v) is 5.45.